The lowest BCUT2D eigenvalue weighted by Crippen LogP contribution is -2.60. The molecule has 0 saturated heterocycles. The molecule has 0 aromatic heterocycles. The predicted octanol–water partition coefficient (Wildman–Crippen LogP) is 4.26. The van der Waals surface area contributed by atoms with Gasteiger partial charge in [-0.15, -0.1) is 0 Å². The highest BCUT2D eigenvalue weighted by atomic mass is 19.4. The topological polar surface area (TPSA) is 26.3 Å². The van der Waals surface area contributed by atoms with Crippen LogP contribution >= 0.6 is 0 Å². The lowest BCUT2D eigenvalue weighted by molar-refractivity contribution is -0.395. The van der Waals surface area contributed by atoms with Gasteiger partial charge in [0.25, 0.3) is 0 Å². The van der Waals surface area contributed by atoms with Gasteiger partial charge in [0.15, 0.2) is 6.17 Å². The van der Waals surface area contributed by atoms with E-state index in [1.807, 2.05) is 0 Å². The van der Waals surface area contributed by atoms with Crippen LogP contribution in [0.3, 0.4) is 0 Å². The van der Waals surface area contributed by atoms with Gasteiger partial charge < -0.3 is 4.74 Å². The van der Waals surface area contributed by atoms with Crippen LogP contribution in [0, 0.1) is 0 Å². The number of ether oxygens (including phenoxy) is 1. The minimum atomic E-state index is -6.73. The Balaban J connectivity index is 5.48. The fraction of sp³-hybridized carbons (Fsp3) is 0.700. The number of carbonyl (C=O) groups is 1. The summed E-state index contributed by atoms with van der Waals surface area (Å²) in [7, 11) is 0. The summed E-state index contributed by atoms with van der Waals surface area (Å²) in [6.45, 7) is 3.41. The van der Waals surface area contributed by atoms with Crippen LogP contribution < -0.4 is 0 Å². The van der Waals surface area contributed by atoms with Crippen molar-refractivity contribution in [2.75, 3.05) is 0 Å². The molecule has 130 valence electrons. The molecular formula is C10H8F10O2. The molecule has 2 nitrogen and oxygen atoms in total. The van der Waals surface area contributed by atoms with Crippen molar-refractivity contribution in [3.8, 4) is 0 Å². The maximum Gasteiger partial charge on any atom is 0.473 e. The van der Waals surface area contributed by atoms with Crippen molar-refractivity contribution in [1.29, 1.82) is 0 Å². The van der Waals surface area contributed by atoms with Gasteiger partial charge >= 0.3 is 30.1 Å². The van der Waals surface area contributed by atoms with Gasteiger partial charge in [0, 0.05) is 5.57 Å². The molecule has 1 unspecified atom stereocenters. The van der Waals surface area contributed by atoms with Gasteiger partial charge in [-0.3, -0.25) is 0 Å². The SMILES string of the molecule is C=C(C)C(=O)OC(F)(F)C(F)(F)C(F)(F)C(F)CC(F)(F)F. The number of esters is 1. The third-order valence-electron chi connectivity index (χ3n) is 2.16. The van der Waals surface area contributed by atoms with E-state index in [1.165, 1.54) is 0 Å². The second-order valence-corrected chi connectivity index (χ2v) is 4.17. The van der Waals surface area contributed by atoms with Gasteiger partial charge in [-0.05, 0) is 6.92 Å². The first kappa shape index (κ1) is 20.5. The summed E-state index contributed by atoms with van der Waals surface area (Å²) in [6.07, 6.45) is -19.7. The van der Waals surface area contributed by atoms with Crippen molar-refractivity contribution in [1.82, 2.24) is 0 Å². The van der Waals surface area contributed by atoms with E-state index < -0.39 is 48.3 Å². The zero-order valence-corrected chi connectivity index (χ0v) is 10.6. The van der Waals surface area contributed by atoms with Crippen molar-refractivity contribution in [2.45, 2.75) is 43.6 Å². The zero-order valence-electron chi connectivity index (χ0n) is 10.6. The second-order valence-electron chi connectivity index (χ2n) is 4.17. The highest BCUT2D eigenvalue weighted by Crippen LogP contribution is 2.50. The van der Waals surface area contributed by atoms with E-state index >= 15 is 0 Å². The Morgan fingerprint density at radius 2 is 1.45 bits per heavy atom. The summed E-state index contributed by atoms with van der Waals surface area (Å²) in [5.41, 5.74) is -0.883. The molecule has 12 heteroatoms. The van der Waals surface area contributed by atoms with Crippen molar-refractivity contribution in [3.63, 3.8) is 0 Å². The summed E-state index contributed by atoms with van der Waals surface area (Å²) >= 11 is 0. The summed E-state index contributed by atoms with van der Waals surface area (Å²) in [5.74, 6) is -15.4. The van der Waals surface area contributed by atoms with E-state index in [0.717, 1.165) is 0 Å². The lowest BCUT2D eigenvalue weighted by atomic mass is 10.0. The fourth-order valence-electron chi connectivity index (χ4n) is 0.990. The smallest absolute Gasteiger partial charge is 0.393 e. The van der Waals surface area contributed by atoms with Gasteiger partial charge in [-0.1, -0.05) is 6.58 Å². The van der Waals surface area contributed by atoms with Crippen LogP contribution in [-0.2, 0) is 9.53 Å². The maximum atomic E-state index is 13.0. The molecule has 1 atom stereocenters. The third-order valence-corrected chi connectivity index (χ3v) is 2.16. The summed E-state index contributed by atoms with van der Waals surface area (Å²) in [5, 5.41) is 0. The predicted molar refractivity (Wildman–Crippen MR) is 51.3 cm³/mol. The van der Waals surface area contributed by atoms with Gasteiger partial charge in [0.1, 0.15) is 0 Å². The molecule has 0 aliphatic heterocycles. The van der Waals surface area contributed by atoms with Crippen LogP contribution in [0.2, 0.25) is 0 Å². The molecule has 0 rings (SSSR count). The zero-order chi connectivity index (χ0) is 18.1. The van der Waals surface area contributed by atoms with Crippen LogP contribution in [0.5, 0.6) is 0 Å². The van der Waals surface area contributed by atoms with Crippen LogP contribution in [0.4, 0.5) is 43.9 Å². The average molecular weight is 350 g/mol. The summed E-state index contributed by atoms with van der Waals surface area (Å²) in [4.78, 5) is 10.7. The number of hydrogen-bond acceptors (Lipinski definition) is 2. The standard InChI is InChI=1S/C10H8F10O2/c1-4(2)6(21)22-10(19,20)9(17,18)8(15,16)5(11)3-7(12,13)14/h5H,1,3H2,2H3. The molecule has 22 heavy (non-hydrogen) atoms. The molecule has 0 aliphatic carbocycles. The van der Waals surface area contributed by atoms with E-state index in [1.54, 1.807) is 0 Å². The van der Waals surface area contributed by atoms with Crippen LogP contribution in [0.15, 0.2) is 12.2 Å². The first-order chi connectivity index (χ1) is 9.46. The molecular weight excluding hydrogens is 342 g/mol. The molecule has 0 heterocycles. The fourth-order valence-corrected chi connectivity index (χ4v) is 0.990. The Morgan fingerprint density at radius 3 is 1.77 bits per heavy atom. The van der Waals surface area contributed by atoms with Crippen LogP contribution in [0.1, 0.15) is 13.3 Å². The van der Waals surface area contributed by atoms with Gasteiger partial charge in [0.05, 0.1) is 6.42 Å². The van der Waals surface area contributed by atoms with Gasteiger partial charge in [-0.25, -0.2) is 9.18 Å². The molecule has 0 N–H and O–H groups in total. The highest BCUT2D eigenvalue weighted by molar-refractivity contribution is 5.87. The summed E-state index contributed by atoms with van der Waals surface area (Å²) in [6, 6.07) is 0. The van der Waals surface area contributed by atoms with E-state index in [0.29, 0.717) is 6.92 Å². The third kappa shape index (κ3) is 4.26. The number of rotatable bonds is 6. The molecule has 0 fully saturated rings. The van der Waals surface area contributed by atoms with Crippen molar-refractivity contribution >= 4 is 5.97 Å². The quantitative estimate of drug-likeness (QED) is 0.407. The molecule has 0 radical (unpaired) electrons. The second kappa shape index (κ2) is 5.95. The van der Waals surface area contributed by atoms with Crippen molar-refractivity contribution < 1.29 is 53.4 Å². The van der Waals surface area contributed by atoms with E-state index in [2.05, 4.69) is 11.3 Å². The Bertz CT molecular complexity index is 439. The monoisotopic (exact) mass is 350 g/mol. The molecule has 0 bridgehead atoms. The molecule has 0 aliphatic rings. The van der Waals surface area contributed by atoms with Crippen LogP contribution in [0.25, 0.3) is 0 Å². The Kier molecular flexibility index (Phi) is 5.55. The molecule has 0 spiro atoms. The number of alkyl halides is 10. The van der Waals surface area contributed by atoms with Gasteiger partial charge in [0.2, 0.25) is 0 Å². The molecule has 0 aromatic carbocycles. The van der Waals surface area contributed by atoms with Crippen LogP contribution in [-0.4, -0.2) is 36.3 Å². The minimum Gasteiger partial charge on any atom is -0.393 e. The molecule has 0 aromatic rings. The first-order valence-corrected chi connectivity index (χ1v) is 5.19. The normalized spacial score (nSPS) is 15.4. The lowest BCUT2D eigenvalue weighted by Gasteiger charge is -2.33. The first-order valence-electron chi connectivity index (χ1n) is 5.19. The van der Waals surface area contributed by atoms with Crippen molar-refractivity contribution in [3.05, 3.63) is 12.2 Å². The number of halogens is 10. The average Bonchev–Trinajstić information content (AvgIpc) is 2.25. The largest absolute Gasteiger partial charge is 0.473 e. The Hall–Kier alpha value is -1.49. The van der Waals surface area contributed by atoms with E-state index in [4.69, 9.17) is 0 Å². The molecule has 0 amide bonds. The number of carbonyl (C=O) groups excluding carboxylic acids is 1. The minimum absolute atomic E-state index is 0.705. The maximum absolute atomic E-state index is 13.0. The molecule has 0 saturated carbocycles. The highest BCUT2D eigenvalue weighted by Gasteiger charge is 2.77. The van der Waals surface area contributed by atoms with Crippen molar-refractivity contribution in [2.24, 2.45) is 0 Å². The van der Waals surface area contributed by atoms with E-state index in [-0.39, 0.29) is 0 Å². The number of hydrogen-bond donors (Lipinski definition) is 0. The van der Waals surface area contributed by atoms with E-state index in [9.17, 15) is 48.7 Å². The Morgan fingerprint density at radius 1 is 1.05 bits per heavy atom. The van der Waals surface area contributed by atoms with Gasteiger partial charge in [-0.2, -0.15) is 39.5 Å². The summed E-state index contributed by atoms with van der Waals surface area (Å²) < 4.78 is 129. The Labute approximate surface area is 116 Å².